The van der Waals surface area contributed by atoms with Gasteiger partial charge in [-0.25, -0.2) is 4.98 Å². The van der Waals surface area contributed by atoms with Gasteiger partial charge in [0.25, 0.3) is 0 Å². The highest BCUT2D eigenvalue weighted by Crippen LogP contribution is 2.31. The average molecular weight is 323 g/mol. The lowest BCUT2D eigenvalue weighted by Gasteiger charge is -2.34. The zero-order chi connectivity index (χ0) is 15.5. The minimum atomic E-state index is 0.0803. The summed E-state index contributed by atoms with van der Waals surface area (Å²) in [5.41, 5.74) is 1.12. The number of rotatable bonds is 6. The first-order valence-corrected chi connectivity index (χ1v) is 9.12. The summed E-state index contributed by atoms with van der Waals surface area (Å²) in [5, 5.41) is 3.19. The first-order valence-electron chi connectivity index (χ1n) is 8.24. The van der Waals surface area contributed by atoms with Crippen molar-refractivity contribution in [3.63, 3.8) is 0 Å². The summed E-state index contributed by atoms with van der Waals surface area (Å²) < 4.78 is 5.59. The summed E-state index contributed by atoms with van der Waals surface area (Å²) in [4.78, 5) is 21.2. The molecule has 1 aromatic rings. The molecule has 1 aliphatic heterocycles. The first-order chi connectivity index (χ1) is 10.7. The van der Waals surface area contributed by atoms with Crippen LogP contribution in [-0.2, 0) is 16.1 Å². The number of hydrogen-bond donors (Lipinski definition) is 0. The Balaban J connectivity index is 1.47. The number of aromatic nitrogens is 1. The Hall–Kier alpha value is -0.980. The van der Waals surface area contributed by atoms with Crippen LogP contribution in [0.3, 0.4) is 0 Å². The maximum absolute atomic E-state index is 12.0. The fourth-order valence-electron chi connectivity index (χ4n) is 2.85. The lowest BCUT2D eigenvalue weighted by Crippen LogP contribution is -2.48. The van der Waals surface area contributed by atoms with E-state index in [1.165, 1.54) is 0 Å². The second kappa shape index (κ2) is 7.06. The smallest absolute Gasteiger partial charge is 0.225 e. The topological polar surface area (TPSA) is 45.7 Å². The molecule has 0 radical (unpaired) electrons. The molecule has 1 unspecified atom stereocenters. The van der Waals surface area contributed by atoms with Gasteiger partial charge in [0.15, 0.2) is 0 Å². The number of hydrogen-bond acceptors (Lipinski definition) is 5. The maximum atomic E-state index is 12.0. The molecule has 1 saturated heterocycles. The van der Waals surface area contributed by atoms with Gasteiger partial charge in [-0.05, 0) is 26.7 Å². The van der Waals surface area contributed by atoms with E-state index in [1.54, 1.807) is 11.3 Å². The normalized spacial score (nSPS) is 21.1. The van der Waals surface area contributed by atoms with Gasteiger partial charge < -0.3 is 9.64 Å². The molecule has 2 aliphatic rings. The molecule has 122 valence electrons. The Morgan fingerprint density at radius 3 is 2.77 bits per heavy atom. The van der Waals surface area contributed by atoms with Crippen molar-refractivity contribution < 1.29 is 9.53 Å². The highest BCUT2D eigenvalue weighted by atomic mass is 32.1. The molecule has 2 fully saturated rings. The molecule has 5 nitrogen and oxygen atoms in total. The molecule has 2 heterocycles. The molecular weight excluding hydrogens is 298 g/mol. The second-order valence-corrected chi connectivity index (χ2v) is 7.04. The molecule has 3 rings (SSSR count). The lowest BCUT2D eigenvalue weighted by molar-refractivity contribution is -0.134. The van der Waals surface area contributed by atoms with Crippen LogP contribution in [0.25, 0.3) is 0 Å². The van der Waals surface area contributed by atoms with Crippen molar-refractivity contribution in [2.75, 3.05) is 32.8 Å². The summed E-state index contributed by atoms with van der Waals surface area (Å²) in [7, 11) is 0. The van der Waals surface area contributed by atoms with Crippen LogP contribution in [0.2, 0.25) is 0 Å². The number of carbonyl (C=O) groups is 1. The van der Waals surface area contributed by atoms with E-state index in [1.807, 2.05) is 18.7 Å². The van der Waals surface area contributed by atoms with E-state index in [9.17, 15) is 4.79 Å². The van der Waals surface area contributed by atoms with Crippen molar-refractivity contribution in [1.82, 2.24) is 14.8 Å². The highest BCUT2D eigenvalue weighted by Gasteiger charge is 2.34. The van der Waals surface area contributed by atoms with E-state index in [2.05, 4.69) is 15.3 Å². The van der Waals surface area contributed by atoms with Gasteiger partial charge in [0.2, 0.25) is 5.91 Å². The van der Waals surface area contributed by atoms with Gasteiger partial charge in [0, 0.05) is 50.6 Å². The molecule has 1 atom stereocenters. The zero-order valence-corrected chi connectivity index (χ0v) is 14.3. The third-order valence-corrected chi connectivity index (χ3v) is 5.38. The predicted octanol–water partition coefficient (Wildman–Crippen LogP) is 2.29. The van der Waals surface area contributed by atoms with Crippen molar-refractivity contribution in [3.8, 4) is 0 Å². The number of carbonyl (C=O) groups excluding carboxylic acids is 1. The van der Waals surface area contributed by atoms with E-state index < -0.39 is 0 Å². The Bertz CT molecular complexity index is 507. The summed E-state index contributed by atoms with van der Waals surface area (Å²) in [6.45, 7) is 9.28. The van der Waals surface area contributed by atoms with Gasteiger partial charge >= 0.3 is 0 Å². The molecule has 22 heavy (non-hydrogen) atoms. The highest BCUT2D eigenvalue weighted by molar-refractivity contribution is 7.09. The van der Waals surface area contributed by atoms with Crippen molar-refractivity contribution in [2.24, 2.45) is 5.92 Å². The Morgan fingerprint density at radius 1 is 1.41 bits per heavy atom. The number of nitrogens with zero attached hydrogens (tertiary/aromatic N) is 3. The predicted molar refractivity (Wildman–Crippen MR) is 86.7 cm³/mol. The Labute approximate surface area is 136 Å². The van der Waals surface area contributed by atoms with Gasteiger partial charge in [0.05, 0.1) is 5.69 Å². The minimum Gasteiger partial charge on any atom is -0.372 e. The first kappa shape index (κ1) is 15.9. The van der Waals surface area contributed by atoms with E-state index in [0.717, 1.165) is 56.3 Å². The fraction of sp³-hybridized carbons (Fsp3) is 0.750. The number of thiazole rings is 1. The molecule has 6 heteroatoms. The zero-order valence-electron chi connectivity index (χ0n) is 13.5. The van der Waals surface area contributed by atoms with Crippen LogP contribution >= 0.6 is 11.3 Å². The van der Waals surface area contributed by atoms with Crippen LogP contribution in [-0.4, -0.2) is 53.5 Å². The maximum Gasteiger partial charge on any atom is 0.225 e. The van der Waals surface area contributed by atoms with Crippen LogP contribution < -0.4 is 0 Å². The third-order valence-electron chi connectivity index (χ3n) is 4.33. The third kappa shape index (κ3) is 3.86. The Kier molecular flexibility index (Phi) is 5.10. The van der Waals surface area contributed by atoms with Gasteiger partial charge in [-0.3, -0.25) is 9.69 Å². The number of piperazine rings is 1. The van der Waals surface area contributed by atoms with Gasteiger partial charge in [-0.1, -0.05) is 0 Å². The second-order valence-electron chi connectivity index (χ2n) is 6.15. The molecule has 0 aromatic carbocycles. The Morgan fingerprint density at radius 2 is 2.14 bits per heavy atom. The van der Waals surface area contributed by atoms with Gasteiger partial charge in [-0.15, -0.1) is 11.3 Å². The summed E-state index contributed by atoms with van der Waals surface area (Å²) >= 11 is 1.68. The van der Waals surface area contributed by atoms with Crippen molar-refractivity contribution in [2.45, 2.75) is 39.3 Å². The van der Waals surface area contributed by atoms with E-state index in [0.29, 0.717) is 18.4 Å². The van der Waals surface area contributed by atoms with Crippen LogP contribution in [0.4, 0.5) is 0 Å². The number of ether oxygens (including phenoxy) is 1. The largest absolute Gasteiger partial charge is 0.372 e. The van der Waals surface area contributed by atoms with Crippen LogP contribution in [0, 0.1) is 5.92 Å². The molecule has 0 spiro atoms. The standard InChI is InChI=1S/C16H25N3O2S/c1-3-21-12(2)15-17-14(11-22-15)10-18-6-8-19(9-7-18)16(20)13-4-5-13/h11-13H,3-10H2,1-2H3. The summed E-state index contributed by atoms with van der Waals surface area (Å²) in [6, 6.07) is 0. The summed E-state index contributed by atoms with van der Waals surface area (Å²) in [5.74, 6) is 0.717. The molecule has 1 aromatic heterocycles. The van der Waals surface area contributed by atoms with E-state index in [4.69, 9.17) is 4.74 Å². The molecule has 1 saturated carbocycles. The average Bonchev–Trinajstić information content (AvgIpc) is 3.27. The quantitative estimate of drug-likeness (QED) is 0.806. The molecular formula is C16H25N3O2S. The SMILES string of the molecule is CCOC(C)c1nc(CN2CCN(C(=O)C3CC3)CC2)cs1. The fourth-order valence-corrected chi connectivity index (χ4v) is 3.66. The van der Waals surface area contributed by atoms with Gasteiger partial charge in [-0.2, -0.15) is 0 Å². The monoisotopic (exact) mass is 323 g/mol. The van der Waals surface area contributed by atoms with Crippen molar-refractivity contribution in [1.29, 1.82) is 0 Å². The van der Waals surface area contributed by atoms with Crippen molar-refractivity contribution >= 4 is 17.2 Å². The molecule has 1 aliphatic carbocycles. The molecule has 0 N–H and O–H groups in total. The summed E-state index contributed by atoms with van der Waals surface area (Å²) in [6.07, 6.45) is 2.27. The van der Waals surface area contributed by atoms with Crippen LogP contribution in [0.1, 0.15) is 43.5 Å². The number of amides is 1. The minimum absolute atomic E-state index is 0.0803. The lowest BCUT2D eigenvalue weighted by atomic mass is 10.2. The van der Waals surface area contributed by atoms with Gasteiger partial charge in [0.1, 0.15) is 11.1 Å². The van der Waals surface area contributed by atoms with Crippen LogP contribution in [0.15, 0.2) is 5.38 Å². The molecule has 1 amide bonds. The van der Waals surface area contributed by atoms with Crippen molar-refractivity contribution in [3.05, 3.63) is 16.1 Å². The van der Waals surface area contributed by atoms with Crippen LogP contribution in [0.5, 0.6) is 0 Å². The molecule has 0 bridgehead atoms. The van der Waals surface area contributed by atoms with E-state index >= 15 is 0 Å². The van der Waals surface area contributed by atoms with E-state index in [-0.39, 0.29) is 6.10 Å².